The number of phenols is 1. The number of hydrogen-bond donors (Lipinski definition) is 7. The molecule has 0 bridgehead atoms. The average molecular weight is 560 g/mol. The van der Waals surface area contributed by atoms with E-state index < -0.39 is 54.4 Å². The van der Waals surface area contributed by atoms with Gasteiger partial charge >= 0.3 is 5.97 Å². The number of hydrogen-bond acceptors (Lipinski definition) is 10. The molecule has 2 aromatic carbocycles. The third-order valence-electron chi connectivity index (χ3n) is 8.22. The van der Waals surface area contributed by atoms with Crippen molar-refractivity contribution in [3.63, 3.8) is 0 Å². The van der Waals surface area contributed by atoms with E-state index in [0.717, 1.165) is 24.5 Å². The molecule has 0 amide bonds. The molecule has 0 spiro atoms. The van der Waals surface area contributed by atoms with E-state index in [0.29, 0.717) is 5.56 Å². The smallest absolute Gasteiger partial charge is 0.339 e. The summed E-state index contributed by atoms with van der Waals surface area (Å²) in [5.41, 5.74) is 2.28. The third kappa shape index (κ3) is 5.39. The van der Waals surface area contributed by atoms with Crippen LogP contribution in [0.1, 0.15) is 79.3 Å². The van der Waals surface area contributed by atoms with Gasteiger partial charge in [0.25, 0.3) is 0 Å². The molecule has 11 nitrogen and oxygen atoms in total. The summed E-state index contributed by atoms with van der Waals surface area (Å²) in [6, 6.07) is 8.14. The van der Waals surface area contributed by atoms with E-state index in [9.17, 15) is 40.6 Å². The standard InChI is InChI=1S/C29H37NO10/c1-28(2)7-8-29(3,4)18-9-14(5-6-17(18)28)19(30-38)13-39-15-10-16(22(27(36)37)20(32)11-15)26-25(35)24(34)23(33)21(12-31)40-26/h5-6,9-11,21,23-26,31-35,38H,7-8,12-13H2,1-4H3,(H,36,37)/b30-19-/t21-,23-,24+,25-,26?/m1/s1. The zero-order chi connectivity index (χ0) is 29.6. The van der Waals surface area contributed by atoms with Gasteiger partial charge in [-0.25, -0.2) is 4.79 Å². The molecule has 0 saturated carbocycles. The molecule has 2 aliphatic rings. The normalized spacial score (nSPS) is 27.6. The lowest BCUT2D eigenvalue weighted by molar-refractivity contribution is -0.231. The minimum absolute atomic E-state index is 0.000624. The van der Waals surface area contributed by atoms with Gasteiger partial charge in [0, 0.05) is 17.2 Å². The molecular formula is C29H37NO10. The van der Waals surface area contributed by atoms with Gasteiger partial charge in [0.1, 0.15) is 59.9 Å². The van der Waals surface area contributed by atoms with E-state index in [1.165, 1.54) is 11.6 Å². The molecule has 0 radical (unpaired) electrons. The van der Waals surface area contributed by atoms with Crippen molar-refractivity contribution in [1.29, 1.82) is 0 Å². The van der Waals surface area contributed by atoms with Crippen molar-refractivity contribution in [3.05, 3.63) is 58.1 Å². The van der Waals surface area contributed by atoms with Crippen LogP contribution >= 0.6 is 0 Å². The van der Waals surface area contributed by atoms with Crippen molar-refractivity contribution >= 4 is 11.7 Å². The van der Waals surface area contributed by atoms with E-state index in [4.69, 9.17) is 9.47 Å². The fourth-order valence-electron chi connectivity index (χ4n) is 5.61. The van der Waals surface area contributed by atoms with Crippen molar-refractivity contribution in [2.24, 2.45) is 5.16 Å². The second kappa shape index (κ2) is 11.0. The summed E-state index contributed by atoms with van der Waals surface area (Å²) in [7, 11) is 0. The second-order valence-corrected chi connectivity index (χ2v) is 11.8. The van der Waals surface area contributed by atoms with E-state index in [1.807, 2.05) is 18.2 Å². The second-order valence-electron chi connectivity index (χ2n) is 11.8. The third-order valence-corrected chi connectivity index (χ3v) is 8.22. The van der Waals surface area contributed by atoms with Gasteiger partial charge < -0.3 is 45.3 Å². The van der Waals surface area contributed by atoms with Gasteiger partial charge in [-0.05, 0) is 46.9 Å². The Morgan fingerprint density at radius 2 is 1.65 bits per heavy atom. The van der Waals surface area contributed by atoms with Crippen LogP contribution in [0.3, 0.4) is 0 Å². The zero-order valence-corrected chi connectivity index (χ0v) is 22.9. The number of rotatable bonds is 7. The SMILES string of the molecule is CC1(C)CCC(C)(C)c2cc(/C(COc3cc(O)c(C(=O)O)c(C4O[C@H](CO)[C@@H](O)[C@H](O)[C@H]4O)c3)=N\O)ccc21. The molecule has 0 aromatic heterocycles. The van der Waals surface area contributed by atoms with E-state index in [-0.39, 0.29) is 34.5 Å². The van der Waals surface area contributed by atoms with Crippen LogP contribution < -0.4 is 4.74 Å². The summed E-state index contributed by atoms with van der Waals surface area (Å²) in [6.45, 7) is 7.78. The number of benzene rings is 2. The Labute approximate surface area is 231 Å². The van der Waals surface area contributed by atoms with Gasteiger partial charge in [0.2, 0.25) is 0 Å². The Hall–Kier alpha value is -3.22. The number of aliphatic hydroxyl groups excluding tert-OH is 4. The number of carboxylic acids is 1. The lowest BCUT2D eigenvalue weighted by Crippen LogP contribution is -2.55. The number of aromatic carboxylic acids is 1. The van der Waals surface area contributed by atoms with Crippen molar-refractivity contribution in [2.75, 3.05) is 13.2 Å². The Kier molecular flexibility index (Phi) is 8.17. The predicted octanol–water partition coefficient (Wildman–Crippen LogP) is 2.21. The monoisotopic (exact) mass is 559 g/mol. The summed E-state index contributed by atoms with van der Waals surface area (Å²) in [5, 5.41) is 73.9. The highest BCUT2D eigenvalue weighted by Crippen LogP contribution is 2.46. The molecule has 11 heteroatoms. The number of carboxylic acid groups (broad SMARTS) is 1. The summed E-state index contributed by atoms with van der Waals surface area (Å²) >= 11 is 0. The number of aliphatic hydroxyl groups is 4. The highest BCUT2D eigenvalue weighted by atomic mass is 16.5. The summed E-state index contributed by atoms with van der Waals surface area (Å²) < 4.78 is 11.3. The van der Waals surface area contributed by atoms with Crippen molar-refractivity contribution < 1.29 is 50.1 Å². The van der Waals surface area contributed by atoms with Gasteiger partial charge in [-0.15, -0.1) is 0 Å². The predicted molar refractivity (Wildman–Crippen MR) is 143 cm³/mol. The Morgan fingerprint density at radius 1 is 1.00 bits per heavy atom. The van der Waals surface area contributed by atoms with Gasteiger partial charge in [0.05, 0.1) is 6.61 Å². The molecule has 1 aliphatic carbocycles. The number of oxime groups is 1. The number of carbonyl (C=O) groups is 1. The molecular weight excluding hydrogens is 522 g/mol. The largest absolute Gasteiger partial charge is 0.507 e. The van der Waals surface area contributed by atoms with Crippen LogP contribution in [-0.4, -0.2) is 85.2 Å². The molecule has 4 rings (SSSR count). The van der Waals surface area contributed by atoms with Crippen LogP contribution in [0.15, 0.2) is 35.5 Å². The first kappa shape index (κ1) is 29.8. The molecule has 1 fully saturated rings. The van der Waals surface area contributed by atoms with Crippen molar-refractivity contribution in [2.45, 2.75) is 81.9 Å². The lowest BCUT2D eigenvalue weighted by atomic mass is 9.63. The molecule has 5 atom stereocenters. The Bertz CT molecular complexity index is 1300. The van der Waals surface area contributed by atoms with Crippen LogP contribution in [-0.2, 0) is 15.6 Å². The topological polar surface area (TPSA) is 189 Å². The van der Waals surface area contributed by atoms with E-state index >= 15 is 0 Å². The van der Waals surface area contributed by atoms with Gasteiger partial charge in [0.15, 0.2) is 0 Å². The molecule has 1 aliphatic heterocycles. The molecule has 7 N–H and O–H groups in total. The average Bonchev–Trinajstić information content (AvgIpc) is 2.90. The van der Waals surface area contributed by atoms with Crippen LogP contribution in [0.25, 0.3) is 0 Å². The Morgan fingerprint density at radius 3 is 2.25 bits per heavy atom. The quantitative estimate of drug-likeness (QED) is 0.150. The fraction of sp³-hybridized carbons (Fsp3) is 0.517. The maximum Gasteiger partial charge on any atom is 0.339 e. The minimum atomic E-state index is -1.77. The summed E-state index contributed by atoms with van der Waals surface area (Å²) in [4.78, 5) is 12.0. The fourth-order valence-corrected chi connectivity index (χ4v) is 5.61. The van der Waals surface area contributed by atoms with E-state index in [2.05, 4.69) is 32.9 Å². The first-order valence-corrected chi connectivity index (χ1v) is 13.1. The first-order chi connectivity index (χ1) is 18.7. The molecule has 40 heavy (non-hydrogen) atoms. The summed E-state index contributed by atoms with van der Waals surface area (Å²) in [5.74, 6) is -2.26. The molecule has 218 valence electrons. The van der Waals surface area contributed by atoms with Gasteiger partial charge in [-0.3, -0.25) is 0 Å². The highest BCUT2D eigenvalue weighted by molar-refractivity contribution is 6.01. The molecule has 2 aromatic rings. The summed E-state index contributed by atoms with van der Waals surface area (Å²) in [6.07, 6.45) is -5.94. The van der Waals surface area contributed by atoms with Gasteiger partial charge in [-0.1, -0.05) is 45.0 Å². The maximum absolute atomic E-state index is 12.0. The first-order valence-electron chi connectivity index (χ1n) is 13.1. The molecule has 1 heterocycles. The highest BCUT2D eigenvalue weighted by Gasteiger charge is 2.45. The van der Waals surface area contributed by atoms with E-state index in [1.54, 1.807) is 0 Å². The minimum Gasteiger partial charge on any atom is -0.507 e. The van der Waals surface area contributed by atoms with Gasteiger partial charge in [-0.2, -0.15) is 0 Å². The number of fused-ring (bicyclic) bond motifs is 1. The van der Waals surface area contributed by atoms with Crippen LogP contribution in [0.4, 0.5) is 0 Å². The lowest BCUT2D eigenvalue weighted by Gasteiger charge is -2.42. The van der Waals surface area contributed by atoms with Crippen molar-refractivity contribution in [3.8, 4) is 11.5 Å². The molecule has 1 unspecified atom stereocenters. The van der Waals surface area contributed by atoms with Crippen LogP contribution in [0.5, 0.6) is 11.5 Å². The maximum atomic E-state index is 12.0. The van der Waals surface area contributed by atoms with Crippen LogP contribution in [0, 0.1) is 0 Å². The molecule has 1 saturated heterocycles. The Balaban J connectivity index is 1.65. The number of aromatic hydroxyl groups is 1. The van der Waals surface area contributed by atoms with Crippen molar-refractivity contribution in [1.82, 2.24) is 0 Å². The number of nitrogens with zero attached hydrogens (tertiary/aromatic N) is 1. The zero-order valence-electron chi connectivity index (χ0n) is 22.9. The van der Waals surface area contributed by atoms with Crippen LogP contribution in [0.2, 0.25) is 0 Å². The number of ether oxygens (including phenoxy) is 2.